The summed E-state index contributed by atoms with van der Waals surface area (Å²) in [6.07, 6.45) is 2.25. The Morgan fingerprint density at radius 3 is 2.23 bits per heavy atom. The number of hydrogen-bond donors (Lipinski definition) is 1. The number of carbonyl (C=O) groups excluding carboxylic acids is 1. The van der Waals surface area contributed by atoms with Crippen LogP contribution in [0.2, 0.25) is 0 Å². The maximum absolute atomic E-state index is 11.9. The van der Waals surface area contributed by atoms with Crippen molar-refractivity contribution in [2.24, 2.45) is 0 Å². The smallest absolute Gasteiger partial charge is 0.149 e. The summed E-state index contributed by atoms with van der Waals surface area (Å²) in [5.74, 6) is 1.15. The molecule has 1 N–H and O–H groups in total. The van der Waals surface area contributed by atoms with Gasteiger partial charge in [0.15, 0.2) is 0 Å². The summed E-state index contributed by atoms with van der Waals surface area (Å²) in [4.78, 5) is 11.9. The van der Waals surface area contributed by atoms with Gasteiger partial charge in [-0.15, -0.1) is 0 Å². The van der Waals surface area contributed by atoms with Crippen molar-refractivity contribution in [1.29, 1.82) is 0 Å². The van der Waals surface area contributed by atoms with Crippen molar-refractivity contribution in [3.63, 3.8) is 0 Å². The monoisotopic (exact) mass is 355 g/mol. The van der Waals surface area contributed by atoms with Gasteiger partial charge < -0.3 is 10.1 Å². The zero-order valence-electron chi connectivity index (χ0n) is 17.1. The van der Waals surface area contributed by atoms with Crippen LogP contribution < -0.4 is 10.1 Å². The first-order chi connectivity index (χ1) is 12.6. The molecule has 0 spiro atoms. The lowest BCUT2D eigenvalue weighted by Crippen LogP contribution is -2.35. The lowest BCUT2D eigenvalue weighted by Gasteiger charge is -2.15. The molecule has 0 saturated heterocycles. The second-order valence-electron chi connectivity index (χ2n) is 5.94. The Morgan fingerprint density at radius 2 is 1.73 bits per heavy atom. The first-order valence-corrected chi connectivity index (χ1v) is 9.59. The van der Waals surface area contributed by atoms with Crippen LogP contribution in [0.3, 0.4) is 0 Å². The highest BCUT2D eigenvalue weighted by Gasteiger charge is 2.15. The standard InChI is InChI=1S/C21H27NO2.C2H6/c1-5-16-14-18(24-4)11-12-19(16)17-9-7-15(8-10-17)13-20(22-3)21(23)6-2;1-2/h7-12,14,20,22H,5-6,13H2,1-4H3;1-2H3. The molecule has 0 aliphatic carbocycles. The van der Waals surface area contributed by atoms with Crippen molar-refractivity contribution in [1.82, 2.24) is 5.32 Å². The van der Waals surface area contributed by atoms with Crippen molar-refractivity contribution >= 4 is 5.78 Å². The minimum Gasteiger partial charge on any atom is -0.497 e. The highest BCUT2D eigenvalue weighted by Crippen LogP contribution is 2.28. The predicted molar refractivity (Wildman–Crippen MR) is 111 cm³/mol. The molecule has 142 valence electrons. The SMILES string of the molecule is CC.CCC(=O)C(Cc1ccc(-c2ccc(OC)cc2CC)cc1)NC. The summed E-state index contributed by atoms with van der Waals surface area (Å²) in [5, 5.41) is 3.12. The molecule has 0 aliphatic rings. The van der Waals surface area contributed by atoms with Gasteiger partial charge in [0.2, 0.25) is 0 Å². The van der Waals surface area contributed by atoms with Crippen LogP contribution in [-0.4, -0.2) is 26.0 Å². The van der Waals surface area contributed by atoms with Gasteiger partial charge in [-0.05, 0) is 54.3 Å². The second kappa shape index (κ2) is 11.5. The number of nitrogens with one attached hydrogen (secondary N) is 1. The molecule has 0 bridgehead atoms. The molecule has 3 heteroatoms. The number of likely N-dealkylation sites (N-methyl/N-ethyl adjacent to an activating group) is 1. The zero-order valence-corrected chi connectivity index (χ0v) is 17.1. The maximum Gasteiger partial charge on any atom is 0.149 e. The van der Waals surface area contributed by atoms with Crippen LogP contribution in [0.25, 0.3) is 11.1 Å². The largest absolute Gasteiger partial charge is 0.497 e. The molecule has 2 aromatic rings. The van der Waals surface area contributed by atoms with Crippen LogP contribution in [-0.2, 0) is 17.6 Å². The van der Waals surface area contributed by atoms with Gasteiger partial charge in [-0.1, -0.05) is 58.0 Å². The third-order valence-electron chi connectivity index (χ3n) is 4.48. The minimum atomic E-state index is -0.104. The zero-order chi connectivity index (χ0) is 19.5. The van der Waals surface area contributed by atoms with Crippen LogP contribution in [0.15, 0.2) is 42.5 Å². The molecule has 2 rings (SSSR count). The number of ether oxygens (including phenoxy) is 1. The Bertz CT molecular complexity index is 677. The first-order valence-electron chi connectivity index (χ1n) is 9.59. The van der Waals surface area contributed by atoms with Crippen molar-refractivity contribution < 1.29 is 9.53 Å². The fourth-order valence-electron chi connectivity index (χ4n) is 2.95. The summed E-state index contributed by atoms with van der Waals surface area (Å²) in [5.41, 5.74) is 4.88. The van der Waals surface area contributed by atoms with Crippen molar-refractivity contribution in [3.8, 4) is 16.9 Å². The summed E-state index contributed by atoms with van der Waals surface area (Å²) < 4.78 is 5.32. The highest BCUT2D eigenvalue weighted by molar-refractivity contribution is 5.84. The van der Waals surface area contributed by atoms with Crippen LogP contribution in [0.1, 0.15) is 45.2 Å². The van der Waals surface area contributed by atoms with Crippen molar-refractivity contribution in [2.45, 2.75) is 53.0 Å². The van der Waals surface area contributed by atoms with Gasteiger partial charge in [-0.25, -0.2) is 0 Å². The number of ketones is 1. The normalized spacial score (nSPS) is 11.3. The van der Waals surface area contributed by atoms with E-state index in [0.29, 0.717) is 6.42 Å². The Labute approximate surface area is 158 Å². The van der Waals surface area contributed by atoms with Crippen LogP contribution in [0.5, 0.6) is 5.75 Å². The van der Waals surface area contributed by atoms with Crippen LogP contribution >= 0.6 is 0 Å². The van der Waals surface area contributed by atoms with E-state index in [4.69, 9.17) is 4.74 Å². The van der Waals surface area contributed by atoms with E-state index in [1.54, 1.807) is 7.11 Å². The van der Waals surface area contributed by atoms with Gasteiger partial charge in [0.25, 0.3) is 0 Å². The van der Waals surface area contributed by atoms with Gasteiger partial charge >= 0.3 is 0 Å². The molecule has 0 saturated carbocycles. The number of Topliss-reactive ketones (excluding diaryl/α,β-unsaturated/α-hetero) is 1. The molecule has 0 radical (unpaired) electrons. The molecule has 0 fully saturated rings. The number of rotatable bonds is 8. The quantitative estimate of drug-likeness (QED) is 0.719. The number of methoxy groups -OCH3 is 1. The highest BCUT2D eigenvalue weighted by atomic mass is 16.5. The Morgan fingerprint density at radius 1 is 1.08 bits per heavy atom. The second-order valence-corrected chi connectivity index (χ2v) is 5.94. The van der Waals surface area contributed by atoms with E-state index < -0.39 is 0 Å². The van der Waals surface area contributed by atoms with Crippen LogP contribution in [0.4, 0.5) is 0 Å². The van der Waals surface area contributed by atoms with Crippen molar-refractivity contribution in [3.05, 3.63) is 53.6 Å². The molecule has 0 amide bonds. The Balaban J connectivity index is 0.00000163. The van der Waals surface area contributed by atoms with E-state index in [1.807, 2.05) is 33.9 Å². The first kappa shape index (κ1) is 21.9. The van der Waals surface area contributed by atoms with Gasteiger partial charge in [0.05, 0.1) is 13.2 Å². The molecule has 26 heavy (non-hydrogen) atoms. The molecule has 0 aromatic heterocycles. The third kappa shape index (κ3) is 5.70. The molecule has 1 atom stereocenters. The predicted octanol–water partition coefficient (Wildman–Crippen LogP) is 5.06. The summed E-state index contributed by atoms with van der Waals surface area (Å²) in [7, 11) is 3.54. The van der Waals surface area contributed by atoms with Gasteiger partial charge in [0, 0.05) is 6.42 Å². The van der Waals surface area contributed by atoms with E-state index in [-0.39, 0.29) is 11.8 Å². The lowest BCUT2D eigenvalue weighted by atomic mass is 9.95. The Hall–Kier alpha value is -2.13. The molecule has 2 aromatic carbocycles. The molecule has 0 aliphatic heterocycles. The van der Waals surface area contributed by atoms with Gasteiger partial charge in [0.1, 0.15) is 11.5 Å². The molecule has 3 nitrogen and oxygen atoms in total. The molecule has 0 heterocycles. The summed E-state index contributed by atoms with van der Waals surface area (Å²) in [6, 6.07) is 14.6. The van der Waals surface area contributed by atoms with Crippen LogP contribution in [0, 0.1) is 0 Å². The van der Waals surface area contributed by atoms with E-state index in [0.717, 1.165) is 18.6 Å². The fraction of sp³-hybridized carbons (Fsp3) is 0.435. The number of aryl methyl sites for hydroxylation is 1. The third-order valence-corrected chi connectivity index (χ3v) is 4.48. The average molecular weight is 356 g/mol. The number of benzene rings is 2. The molecular formula is C23H33NO2. The summed E-state index contributed by atoms with van der Waals surface area (Å²) >= 11 is 0. The average Bonchev–Trinajstić information content (AvgIpc) is 2.72. The fourth-order valence-corrected chi connectivity index (χ4v) is 2.95. The number of carbonyl (C=O) groups is 1. The topological polar surface area (TPSA) is 38.3 Å². The molecule has 1 unspecified atom stereocenters. The van der Waals surface area contributed by atoms with Crippen molar-refractivity contribution in [2.75, 3.05) is 14.2 Å². The summed E-state index contributed by atoms with van der Waals surface area (Å²) in [6.45, 7) is 8.06. The lowest BCUT2D eigenvalue weighted by molar-refractivity contribution is -0.120. The van der Waals surface area contributed by atoms with Gasteiger partial charge in [-0.2, -0.15) is 0 Å². The van der Waals surface area contributed by atoms with E-state index in [9.17, 15) is 4.79 Å². The van der Waals surface area contributed by atoms with E-state index >= 15 is 0 Å². The van der Waals surface area contributed by atoms with Gasteiger partial charge in [-0.3, -0.25) is 4.79 Å². The maximum atomic E-state index is 11.9. The molecular weight excluding hydrogens is 322 g/mol. The van der Waals surface area contributed by atoms with E-state index in [1.165, 1.54) is 22.3 Å². The minimum absolute atomic E-state index is 0.104. The number of hydrogen-bond acceptors (Lipinski definition) is 3. The Kier molecular flexibility index (Phi) is 9.67. The van der Waals surface area contributed by atoms with E-state index in [2.05, 4.69) is 48.6 Å².